The van der Waals surface area contributed by atoms with Crippen molar-refractivity contribution in [3.05, 3.63) is 54.6 Å². The van der Waals surface area contributed by atoms with Crippen LogP contribution >= 0.6 is 0 Å². The van der Waals surface area contributed by atoms with Crippen LogP contribution in [0.5, 0.6) is 0 Å². The van der Waals surface area contributed by atoms with Gasteiger partial charge in [0.1, 0.15) is 5.56 Å². The zero-order valence-electron chi connectivity index (χ0n) is 16.9. The number of rotatable bonds is 4. The standard InChI is InChI=1S/C22H20F3N7/c23-22(24,25)18-12-28-21(31-14-3-2-7-26-10-14)32-20(18)17-11-27-19-15(4-1-5-16(17)19)13-6-8-29-30-9-13/h1,4-6,8-9,11-12,14,26-27H,2-3,7,10H2,(H,28,31,32)/t14-/m0/s1. The molecule has 1 atom stereocenters. The number of H-pyrrole nitrogens is 1. The maximum atomic E-state index is 13.8. The zero-order valence-corrected chi connectivity index (χ0v) is 16.9. The number of anilines is 1. The summed E-state index contributed by atoms with van der Waals surface area (Å²) in [5.41, 5.74) is 1.66. The summed E-state index contributed by atoms with van der Waals surface area (Å²) in [5.74, 6) is 0.186. The number of alkyl halides is 3. The average molecular weight is 439 g/mol. The van der Waals surface area contributed by atoms with Gasteiger partial charge >= 0.3 is 6.18 Å². The number of piperidine rings is 1. The van der Waals surface area contributed by atoms with Crippen LogP contribution < -0.4 is 10.6 Å². The number of para-hydroxylation sites is 1. The Morgan fingerprint density at radius 3 is 2.72 bits per heavy atom. The summed E-state index contributed by atoms with van der Waals surface area (Å²) >= 11 is 0. The molecule has 5 rings (SSSR count). The van der Waals surface area contributed by atoms with Gasteiger partial charge in [-0.2, -0.15) is 23.4 Å². The lowest BCUT2D eigenvalue weighted by Crippen LogP contribution is -2.38. The molecule has 1 aliphatic rings. The van der Waals surface area contributed by atoms with Gasteiger partial charge in [-0.3, -0.25) is 0 Å². The molecular formula is C22H20F3N7. The Kier molecular flexibility index (Phi) is 5.22. The summed E-state index contributed by atoms with van der Waals surface area (Å²) in [6.45, 7) is 1.65. The van der Waals surface area contributed by atoms with Crippen molar-refractivity contribution in [3.63, 3.8) is 0 Å². The molecule has 32 heavy (non-hydrogen) atoms. The van der Waals surface area contributed by atoms with E-state index in [4.69, 9.17) is 0 Å². The van der Waals surface area contributed by atoms with Crippen LogP contribution in [-0.2, 0) is 6.18 Å². The summed E-state index contributed by atoms with van der Waals surface area (Å²) in [5, 5.41) is 14.8. The van der Waals surface area contributed by atoms with Crippen molar-refractivity contribution >= 4 is 16.9 Å². The maximum absolute atomic E-state index is 13.8. The minimum Gasteiger partial charge on any atom is -0.360 e. The number of nitrogens with zero attached hydrogens (tertiary/aromatic N) is 4. The third-order valence-corrected chi connectivity index (χ3v) is 5.59. The molecule has 1 saturated heterocycles. The quantitative estimate of drug-likeness (QED) is 0.440. The monoisotopic (exact) mass is 439 g/mol. The van der Waals surface area contributed by atoms with E-state index in [1.165, 1.54) is 0 Å². The van der Waals surface area contributed by atoms with E-state index in [0.29, 0.717) is 16.5 Å². The number of aromatic amines is 1. The smallest absolute Gasteiger partial charge is 0.360 e. The first-order valence-electron chi connectivity index (χ1n) is 10.3. The summed E-state index contributed by atoms with van der Waals surface area (Å²) in [7, 11) is 0. The zero-order chi connectivity index (χ0) is 22.1. The van der Waals surface area contributed by atoms with Crippen molar-refractivity contribution in [1.29, 1.82) is 0 Å². The largest absolute Gasteiger partial charge is 0.419 e. The van der Waals surface area contributed by atoms with E-state index in [9.17, 15) is 13.2 Å². The van der Waals surface area contributed by atoms with Crippen LogP contribution in [0.2, 0.25) is 0 Å². The first kappa shape index (κ1) is 20.4. The second kappa shape index (κ2) is 8.19. The number of fused-ring (bicyclic) bond motifs is 1. The molecule has 0 spiro atoms. The SMILES string of the molecule is FC(F)(F)c1cnc(N[C@H]2CCCNC2)nc1-c1c[nH]c2c(-c3ccnnc3)cccc12. The molecule has 4 aromatic rings. The number of hydrogen-bond acceptors (Lipinski definition) is 6. The minimum absolute atomic E-state index is 0.0714. The highest BCUT2D eigenvalue weighted by atomic mass is 19.4. The molecule has 0 saturated carbocycles. The molecule has 3 aromatic heterocycles. The molecule has 1 aliphatic heterocycles. The number of hydrogen-bond donors (Lipinski definition) is 3. The van der Waals surface area contributed by atoms with E-state index >= 15 is 0 Å². The Bertz CT molecular complexity index is 1230. The van der Waals surface area contributed by atoms with E-state index in [2.05, 4.69) is 35.8 Å². The molecule has 10 heteroatoms. The summed E-state index contributed by atoms with van der Waals surface area (Å²) in [6, 6.07) is 7.33. The Labute approximate surface area is 181 Å². The van der Waals surface area contributed by atoms with Gasteiger partial charge < -0.3 is 15.6 Å². The van der Waals surface area contributed by atoms with E-state index in [1.807, 2.05) is 6.07 Å². The predicted molar refractivity (Wildman–Crippen MR) is 115 cm³/mol. The number of halogens is 3. The molecule has 0 unspecified atom stereocenters. The second-order valence-electron chi connectivity index (χ2n) is 7.70. The van der Waals surface area contributed by atoms with Gasteiger partial charge in [0, 0.05) is 47.1 Å². The van der Waals surface area contributed by atoms with Crippen molar-refractivity contribution in [3.8, 4) is 22.4 Å². The molecule has 7 nitrogen and oxygen atoms in total. The molecule has 0 bridgehead atoms. The van der Waals surface area contributed by atoms with Crippen molar-refractivity contribution in [1.82, 2.24) is 30.5 Å². The topological polar surface area (TPSA) is 91.4 Å². The fourth-order valence-corrected chi connectivity index (χ4v) is 4.06. The molecule has 0 aliphatic carbocycles. The lowest BCUT2D eigenvalue weighted by molar-refractivity contribution is -0.137. The van der Waals surface area contributed by atoms with Crippen LogP contribution in [0, 0.1) is 0 Å². The molecule has 3 N–H and O–H groups in total. The van der Waals surface area contributed by atoms with Gasteiger partial charge in [0.15, 0.2) is 0 Å². The van der Waals surface area contributed by atoms with Gasteiger partial charge in [0.05, 0.1) is 23.6 Å². The molecule has 4 heterocycles. The Morgan fingerprint density at radius 1 is 1.06 bits per heavy atom. The molecule has 0 amide bonds. The Hall–Kier alpha value is -3.53. The van der Waals surface area contributed by atoms with Gasteiger partial charge in [-0.15, -0.1) is 0 Å². The van der Waals surface area contributed by atoms with Crippen LogP contribution in [0.25, 0.3) is 33.3 Å². The highest BCUT2D eigenvalue weighted by Gasteiger charge is 2.36. The van der Waals surface area contributed by atoms with Gasteiger partial charge in [-0.05, 0) is 25.5 Å². The van der Waals surface area contributed by atoms with Crippen molar-refractivity contribution < 1.29 is 13.2 Å². The lowest BCUT2D eigenvalue weighted by Gasteiger charge is -2.24. The predicted octanol–water partition coefficient (Wildman–Crippen LogP) is 4.26. The first-order chi connectivity index (χ1) is 15.5. The highest BCUT2D eigenvalue weighted by Crippen LogP contribution is 2.40. The van der Waals surface area contributed by atoms with E-state index < -0.39 is 11.7 Å². The van der Waals surface area contributed by atoms with Crippen molar-refractivity contribution in [2.24, 2.45) is 0 Å². The van der Waals surface area contributed by atoms with Crippen LogP contribution in [0.1, 0.15) is 18.4 Å². The van der Waals surface area contributed by atoms with E-state index in [1.54, 1.807) is 36.8 Å². The van der Waals surface area contributed by atoms with Crippen LogP contribution in [0.15, 0.2) is 49.1 Å². The van der Waals surface area contributed by atoms with Crippen molar-refractivity contribution in [2.45, 2.75) is 25.1 Å². The van der Waals surface area contributed by atoms with Gasteiger partial charge in [0.2, 0.25) is 5.95 Å². The average Bonchev–Trinajstić information content (AvgIpc) is 3.24. The maximum Gasteiger partial charge on any atom is 0.419 e. The second-order valence-corrected chi connectivity index (χ2v) is 7.70. The van der Waals surface area contributed by atoms with E-state index in [0.717, 1.165) is 43.3 Å². The number of benzene rings is 1. The summed E-state index contributed by atoms with van der Waals surface area (Å²) < 4.78 is 41.5. The van der Waals surface area contributed by atoms with E-state index in [-0.39, 0.29) is 17.7 Å². The third-order valence-electron chi connectivity index (χ3n) is 5.59. The number of aromatic nitrogens is 5. The molecule has 1 fully saturated rings. The molecule has 164 valence electrons. The molecule has 1 aromatic carbocycles. The van der Waals surface area contributed by atoms with Crippen LogP contribution in [-0.4, -0.2) is 44.3 Å². The van der Waals surface area contributed by atoms with Crippen molar-refractivity contribution in [2.75, 3.05) is 18.4 Å². The molecular weight excluding hydrogens is 419 g/mol. The number of nitrogens with one attached hydrogen (secondary N) is 3. The highest BCUT2D eigenvalue weighted by molar-refractivity contribution is 6.02. The minimum atomic E-state index is -4.59. The van der Waals surface area contributed by atoms with Gasteiger partial charge in [0.25, 0.3) is 0 Å². The normalized spacial score (nSPS) is 16.9. The Morgan fingerprint density at radius 2 is 1.97 bits per heavy atom. The third kappa shape index (κ3) is 3.89. The Balaban J connectivity index is 1.62. The van der Waals surface area contributed by atoms with Crippen LogP contribution in [0.3, 0.4) is 0 Å². The van der Waals surface area contributed by atoms with Gasteiger partial charge in [-0.25, -0.2) is 9.97 Å². The fourth-order valence-electron chi connectivity index (χ4n) is 4.06. The summed E-state index contributed by atoms with van der Waals surface area (Å²) in [4.78, 5) is 11.4. The van der Waals surface area contributed by atoms with Gasteiger partial charge in [-0.1, -0.05) is 18.2 Å². The first-order valence-corrected chi connectivity index (χ1v) is 10.3. The molecule has 0 radical (unpaired) electrons. The fraction of sp³-hybridized carbons (Fsp3) is 0.273. The van der Waals surface area contributed by atoms with Crippen LogP contribution in [0.4, 0.5) is 19.1 Å². The summed E-state index contributed by atoms with van der Waals surface area (Å²) in [6.07, 6.45) is 2.91. The lowest BCUT2D eigenvalue weighted by atomic mass is 10.0.